The molecule has 4 aromatic rings. The number of benzene rings is 3. The second-order valence-electron chi connectivity index (χ2n) is 8.23. The molecule has 1 aliphatic heterocycles. The highest BCUT2D eigenvalue weighted by atomic mass is 35.5. The van der Waals surface area contributed by atoms with Crippen LogP contribution in [0.1, 0.15) is 6.42 Å². The number of fused-ring (bicyclic) bond motifs is 1. The van der Waals surface area contributed by atoms with Gasteiger partial charge in [-0.25, -0.2) is 4.98 Å². The summed E-state index contributed by atoms with van der Waals surface area (Å²) in [5.74, 6) is 1.76. The van der Waals surface area contributed by atoms with Gasteiger partial charge in [-0.2, -0.15) is 0 Å². The monoisotopic (exact) mass is 480 g/mol. The number of hydrogen-bond donors (Lipinski definition) is 1. The zero-order valence-electron chi connectivity index (χ0n) is 18.3. The SMILES string of the molecule is Clc1cccc(N2CCN(CCCOc3ccc(-c4nc5ccccc5[nH]4)cc3)CC2)c1Cl. The fourth-order valence-electron chi connectivity index (χ4n) is 4.23. The Labute approximate surface area is 203 Å². The van der Waals surface area contributed by atoms with Crippen LogP contribution in [0.25, 0.3) is 22.4 Å². The standard InChI is InChI=1S/C26H26Cl2N4O/c27-21-5-3-8-24(25(21)28)32-16-14-31(15-17-32)13-4-18-33-20-11-9-19(10-12-20)26-29-22-6-1-2-7-23(22)30-26/h1-3,5-12H,4,13-18H2,(H,29,30). The lowest BCUT2D eigenvalue weighted by Gasteiger charge is -2.36. The molecule has 2 heterocycles. The van der Waals surface area contributed by atoms with E-state index in [2.05, 4.69) is 19.8 Å². The number of hydrogen-bond acceptors (Lipinski definition) is 4. The van der Waals surface area contributed by atoms with E-state index < -0.39 is 0 Å². The second kappa shape index (κ2) is 10.0. The molecule has 1 N–H and O–H groups in total. The van der Waals surface area contributed by atoms with E-state index in [0.717, 1.165) is 73.0 Å². The lowest BCUT2D eigenvalue weighted by atomic mass is 10.2. The lowest BCUT2D eigenvalue weighted by molar-refractivity contribution is 0.225. The van der Waals surface area contributed by atoms with Gasteiger partial charge in [0.15, 0.2) is 0 Å². The summed E-state index contributed by atoms with van der Waals surface area (Å²) >= 11 is 12.5. The van der Waals surface area contributed by atoms with Crippen LogP contribution in [-0.2, 0) is 0 Å². The van der Waals surface area contributed by atoms with E-state index in [0.29, 0.717) is 16.7 Å². The number of nitrogens with zero attached hydrogens (tertiary/aromatic N) is 3. The lowest BCUT2D eigenvalue weighted by Crippen LogP contribution is -2.46. The van der Waals surface area contributed by atoms with Crippen LogP contribution >= 0.6 is 23.2 Å². The van der Waals surface area contributed by atoms with Gasteiger partial charge in [0.05, 0.1) is 33.4 Å². The van der Waals surface area contributed by atoms with Crippen LogP contribution in [0.15, 0.2) is 66.7 Å². The number of para-hydroxylation sites is 2. The minimum Gasteiger partial charge on any atom is -0.494 e. The highest BCUT2D eigenvalue weighted by Gasteiger charge is 2.19. The van der Waals surface area contributed by atoms with E-state index in [4.69, 9.17) is 27.9 Å². The first-order valence-electron chi connectivity index (χ1n) is 11.3. The van der Waals surface area contributed by atoms with Gasteiger partial charge >= 0.3 is 0 Å². The Kier molecular flexibility index (Phi) is 6.72. The first kappa shape index (κ1) is 22.1. The third-order valence-corrected chi connectivity index (χ3v) is 6.86. The summed E-state index contributed by atoms with van der Waals surface area (Å²) in [6.45, 7) is 5.64. The van der Waals surface area contributed by atoms with Crippen LogP contribution in [0.4, 0.5) is 5.69 Å². The minimum absolute atomic E-state index is 0.611. The molecule has 0 bridgehead atoms. The molecule has 0 atom stereocenters. The van der Waals surface area contributed by atoms with E-state index in [9.17, 15) is 0 Å². The first-order valence-corrected chi connectivity index (χ1v) is 12.0. The van der Waals surface area contributed by atoms with Crippen LogP contribution in [-0.4, -0.2) is 54.2 Å². The van der Waals surface area contributed by atoms with E-state index in [1.807, 2.05) is 66.7 Å². The maximum Gasteiger partial charge on any atom is 0.138 e. The topological polar surface area (TPSA) is 44.4 Å². The maximum absolute atomic E-state index is 6.38. The van der Waals surface area contributed by atoms with Gasteiger partial charge in [-0.1, -0.05) is 41.4 Å². The van der Waals surface area contributed by atoms with Crippen LogP contribution in [0, 0.1) is 0 Å². The number of rotatable bonds is 7. The Hall–Kier alpha value is -2.73. The van der Waals surface area contributed by atoms with Crippen molar-refractivity contribution in [1.82, 2.24) is 14.9 Å². The molecular weight excluding hydrogens is 455 g/mol. The molecule has 0 saturated carbocycles. The number of piperazine rings is 1. The normalized spacial score (nSPS) is 14.7. The number of imidazole rings is 1. The molecule has 33 heavy (non-hydrogen) atoms. The summed E-state index contributed by atoms with van der Waals surface area (Å²) < 4.78 is 5.97. The predicted octanol–water partition coefficient (Wildman–Crippen LogP) is 6.13. The average molecular weight is 481 g/mol. The van der Waals surface area contributed by atoms with Gasteiger partial charge in [0.2, 0.25) is 0 Å². The largest absolute Gasteiger partial charge is 0.494 e. The van der Waals surface area contributed by atoms with Gasteiger partial charge < -0.3 is 14.6 Å². The molecule has 1 saturated heterocycles. The number of aromatic amines is 1. The smallest absolute Gasteiger partial charge is 0.138 e. The van der Waals surface area contributed by atoms with E-state index in [-0.39, 0.29) is 0 Å². The van der Waals surface area contributed by atoms with E-state index in [1.165, 1.54) is 0 Å². The van der Waals surface area contributed by atoms with Crippen molar-refractivity contribution in [3.8, 4) is 17.1 Å². The van der Waals surface area contributed by atoms with Gasteiger partial charge in [0, 0.05) is 38.3 Å². The average Bonchev–Trinajstić information content (AvgIpc) is 3.29. The summed E-state index contributed by atoms with van der Waals surface area (Å²) in [5.41, 5.74) is 4.10. The second-order valence-corrected chi connectivity index (χ2v) is 9.02. The van der Waals surface area contributed by atoms with Crippen molar-refractivity contribution in [3.63, 3.8) is 0 Å². The maximum atomic E-state index is 6.38. The summed E-state index contributed by atoms with van der Waals surface area (Å²) in [4.78, 5) is 12.8. The molecule has 0 spiro atoms. The molecule has 1 aliphatic rings. The number of anilines is 1. The molecule has 3 aromatic carbocycles. The Bertz CT molecular complexity index is 1180. The highest BCUT2D eigenvalue weighted by Crippen LogP contribution is 2.33. The number of ether oxygens (including phenoxy) is 1. The Morgan fingerprint density at radius 3 is 2.45 bits per heavy atom. The van der Waals surface area contributed by atoms with Gasteiger partial charge in [-0.3, -0.25) is 4.90 Å². The fourth-order valence-corrected chi connectivity index (χ4v) is 4.64. The molecule has 170 valence electrons. The molecule has 1 fully saturated rings. The number of H-pyrrole nitrogens is 1. The van der Waals surface area contributed by atoms with Crippen molar-refractivity contribution >= 4 is 39.9 Å². The van der Waals surface area contributed by atoms with Crippen LogP contribution in [0.2, 0.25) is 10.0 Å². The quantitative estimate of drug-likeness (QED) is 0.323. The number of halogens is 2. The summed E-state index contributed by atoms with van der Waals surface area (Å²) in [6, 6.07) is 22.0. The number of aromatic nitrogens is 2. The molecule has 1 aromatic heterocycles. The Balaban J connectivity index is 1.06. The first-order chi connectivity index (χ1) is 16.2. The molecule has 0 radical (unpaired) electrons. The molecule has 0 amide bonds. The molecular formula is C26H26Cl2N4O. The highest BCUT2D eigenvalue weighted by molar-refractivity contribution is 6.43. The van der Waals surface area contributed by atoms with E-state index in [1.54, 1.807) is 0 Å². The van der Waals surface area contributed by atoms with Crippen molar-refractivity contribution in [2.45, 2.75) is 6.42 Å². The Morgan fingerprint density at radius 1 is 0.879 bits per heavy atom. The fraction of sp³-hybridized carbons (Fsp3) is 0.269. The summed E-state index contributed by atoms with van der Waals surface area (Å²) in [7, 11) is 0. The molecule has 0 unspecified atom stereocenters. The third kappa shape index (κ3) is 5.11. The van der Waals surface area contributed by atoms with Crippen molar-refractivity contribution in [2.75, 3.05) is 44.2 Å². The van der Waals surface area contributed by atoms with Gasteiger partial charge in [0.1, 0.15) is 11.6 Å². The van der Waals surface area contributed by atoms with Crippen LogP contribution in [0.5, 0.6) is 5.75 Å². The van der Waals surface area contributed by atoms with Crippen molar-refractivity contribution in [2.24, 2.45) is 0 Å². The van der Waals surface area contributed by atoms with Crippen molar-refractivity contribution in [3.05, 3.63) is 76.8 Å². The van der Waals surface area contributed by atoms with E-state index >= 15 is 0 Å². The number of nitrogens with one attached hydrogen (secondary N) is 1. The zero-order valence-corrected chi connectivity index (χ0v) is 19.8. The van der Waals surface area contributed by atoms with Gasteiger partial charge in [-0.15, -0.1) is 0 Å². The van der Waals surface area contributed by atoms with Gasteiger partial charge in [-0.05, 0) is 55.0 Å². The molecule has 5 nitrogen and oxygen atoms in total. The Morgan fingerprint density at radius 2 is 1.67 bits per heavy atom. The van der Waals surface area contributed by atoms with Crippen molar-refractivity contribution in [1.29, 1.82) is 0 Å². The molecule has 0 aliphatic carbocycles. The minimum atomic E-state index is 0.611. The van der Waals surface area contributed by atoms with Gasteiger partial charge in [0.25, 0.3) is 0 Å². The van der Waals surface area contributed by atoms with Crippen LogP contribution < -0.4 is 9.64 Å². The zero-order chi connectivity index (χ0) is 22.6. The third-order valence-electron chi connectivity index (χ3n) is 6.05. The molecule has 5 rings (SSSR count). The predicted molar refractivity (Wildman–Crippen MR) is 137 cm³/mol. The van der Waals surface area contributed by atoms with Crippen molar-refractivity contribution < 1.29 is 4.74 Å². The summed E-state index contributed by atoms with van der Waals surface area (Å²) in [6.07, 6.45) is 0.989. The molecule has 7 heteroatoms. The van der Waals surface area contributed by atoms with Crippen LogP contribution in [0.3, 0.4) is 0 Å². The summed E-state index contributed by atoms with van der Waals surface area (Å²) in [5, 5.41) is 1.26.